The lowest BCUT2D eigenvalue weighted by molar-refractivity contribution is -0.143. The fraction of sp³-hybridized carbons (Fsp3) is 0.561. The van der Waals surface area contributed by atoms with Crippen molar-refractivity contribution in [2.75, 3.05) is 20.3 Å². The highest BCUT2D eigenvalue weighted by atomic mass is 32.2. The van der Waals surface area contributed by atoms with Crippen molar-refractivity contribution in [3.05, 3.63) is 72.3 Å². The molecular formula is C41H54N4O8S. The first-order valence-electron chi connectivity index (χ1n) is 18.8. The monoisotopic (exact) mass is 762 g/mol. The third-order valence-electron chi connectivity index (χ3n) is 11.6. The molecule has 4 amide bonds. The van der Waals surface area contributed by atoms with Crippen molar-refractivity contribution in [3.63, 3.8) is 0 Å². The van der Waals surface area contributed by atoms with Gasteiger partial charge in [-0.25, -0.2) is 13.2 Å². The Kier molecular flexibility index (Phi) is 10.6. The highest BCUT2D eigenvalue weighted by Gasteiger charge is 2.62. The number of sulfonamides is 1. The van der Waals surface area contributed by atoms with E-state index in [0.717, 1.165) is 36.0 Å². The molecule has 13 heteroatoms. The molecule has 5 aliphatic rings. The van der Waals surface area contributed by atoms with Gasteiger partial charge in [-0.3, -0.25) is 19.1 Å². The van der Waals surface area contributed by atoms with Crippen molar-refractivity contribution in [1.29, 1.82) is 0 Å². The molecule has 1 unspecified atom stereocenters. The Hall–Kier alpha value is -4.23. The Labute approximate surface area is 318 Å². The number of aryl methyl sites for hydroxylation is 1. The van der Waals surface area contributed by atoms with Gasteiger partial charge in [0.1, 0.15) is 23.2 Å². The van der Waals surface area contributed by atoms with Crippen molar-refractivity contribution < 1.29 is 37.1 Å². The van der Waals surface area contributed by atoms with Crippen LogP contribution < -0.4 is 15.4 Å². The summed E-state index contributed by atoms with van der Waals surface area (Å²) in [6.07, 6.45) is 4.41. The number of benzene rings is 2. The van der Waals surface area contributed by atoms with E-state index in [-0.39, 0.29) is 31.4 Å². The van der Waals surface area contributed by atoms with Crippen molar-refractivity contribution in [3.8, 4) is 11.1 Å². The van der Waals surface area contributed by atoms with Gasteiger partial charge in [0, 0.05) is 19.4 Å². The Bertz CT molecular complexity index is 1920. The van der Waals surface area contributed by atoms with Crippen LogP contribution in [0.2, 0.25) is 0 Å². The third-order valence-corrected chi connectivity index (χ3v) is 13.4. The van der Waals surface area contributed by atoms with Gasteiger partial charge in [-0.2, -0.15) is 0 Å². The molecule has 2 aromatic rings. The second-order valence-electron chi connectivity index (χ2n) is 17.3. The smallest absolute Gasteiger partial charge is 0.407 e. The number of methoxy groups -OCH3 is 1. The molecule has 2 saturated carbocycles. The molecular weight excluding hydrogens is 709 g/mol. The highest BCUT2D eigenvalue weighted by Crippen LogP contribution is 2.47. The Morgan fingerprint density at radius 1 is 1.06 bits per heavy atom. The number of amides is 4. The van der Waals surface area contributed by atoms with E-state index in [2.05, 4.69) is 34.1 Å². The molecule has 3 heterocycles. The lowest BCUT2D eigenvalue weighted by Crippen LogP contribution is -2.60. The quantitative estimate of drug-likeness (QED) is 0.334. The van der Waals surface area contributed by atoms with E-state index < -0.39 is 73.6 Å². The summed E-state index contributed by atoms with van der Waals surface area (Å²) < 4.78 is 39.7. The van der Waals surface area contributed by atoms with Gasteiger partial charge in [-0.1, -0.05) is 89.2 Å². The number of hydrogen-bond acceptors (Lipinski definition) is 8. The van der Waals surface area contributed by atoms with Crippen molar-refractivity contribution >= 4 is 33.8 Å². The molecule has 3 fully saturated rings. The largest absolute Gasteiger partial charge is 0.449 e. The van der Waals surface area contributed by atoms with Gasteiger partial charge in [-0.05, 0) is 71.6 Å². The van der Waals surface area contributed by atoms with Crippen LogP contribution in [0, 0.1) is 16.7 Å². The summed E-state index contributed by atoms with van der Waals surface area (Å²) in [6, 6.07) is 14.0. The minimum Gasteiger partial charge on any atom is -0.449 e. The summed E-state index contributed by atoms with van der Waals surface area (Å²) >= 11 is 0. The highest BCUT2D eigenvalue weighted by molar-refractivity contribution is 7.91. The van der Waals surface area contributed by atoms with Gasteiger partial charge < -0.3 is 25.0 Å². The predicted octanol–water partition coefficient (Wildman–Crippen LogP) is 4.97. The van der Waals surface area contributed by atoms with E-state index in [1.165, 1.54) is 23.6 Å². The van der Waals surface area contributed by atoms with E-state index in [0.29, 0.717) is 12.8 Å². The van der Waals surface area contributed by atoms with Crippen LogP contribution in [0.4, 0.5) is 4.79 Å². The van der Waals surface area contributed by atoms with E-state index in [9.17, 15) is 27.6 Å². The van der Waals surface area contributed by atoms with Gasteiger partial charge in [0.2, 0.25) is 21.8 Å². The van der Waals surface area contributed by atoms with Crippen LogP contribution in [0.1, 0.15) is 84.3 Å². The summed E-state index contributed by atoms with van der Waals surface area (Å²) in [6.45, 7) is 13.4. The summed E-state index contributed by atoms with van der Waals surface area (Å²) in [7, 11) is -2.36. The Morgan fingerprint density at radius 2 is 1.74 bits per heavy atom. The number of hydrogen-bond donors (Lipinski definition) is 3. The first-order valence-corrected chi connectivity index (χ1v) is 20.4. The summed E-state index contributed by atoms with van der Waals surface area (Å²) in [5.41, 5.74) is 0.232. The molecule has 3 N–H and O–H groups in total. The average Bonchev–Trinajstić information content (AvgIpc) is 4.05. The number of fused-ring (bicyclic) bond motifs is 11. The van der Waals surface area contributed by atoms with E-state index in [1.807, 2.05) is 71.0 Å². The first-order chi connectivity index (χ1) is 25.3. The van der Waals surface area contributed by atoms with Crippen molar-refractivity contribution in [2.45, 2.75) is 108 Å². The van der Waals surface area contributed by atoms with Crippen LogP contribution >= 0.6 is 0 Å². The van der Waals surface area contributed by atoms with Gasteiger partial charge in [0.15, 0.2) is 0 Å². The molecule has 4 bridgehead atoms. The zero-order valence-electron chi connectivity index (χ0n) is 32.2. The lowest BCUT2D eigenvalue weighted by atomic mass is 9.85. The molecule has 0 radical (unpaired) electrons. The summed E-state index contributed by atoms with van der Waals surface area (Å²) in [5, 5.41) is 5.02. The maximum Gasteiger partial charge on any atom is 0.407 e. The Morgan fingerprint density at radius 3 is 2.35 bits per heavy atom. The maximum atomic E-state index is 14.8. The standard InChI is InChI=1S/C41H54N4O8S/c1-8-28-22-41(28,36(48)44-54(50,51)30-19-20-30)43-34(46)32-23-40(52-7)24-45(32)35(47)33(38(2,3)4)42-37(49)53-25-39(5,6)21-11-13-26-12-9-10-14-31(26)27-15-17-29(40)18-16-27/h8-10,12,14-18,28,30,32-33H,1,11,13,19-25H2,2-7H3,(H,42,49)(H,43,46)(H,44,48)/t28?,32-,33+,40-,41+/m0/s1. The van der Waals surface area contributed by atoms with Crippen molar-refractivity contribution in [2.24, 2.45) is 16.7 Å². The van der Waals surface area contributed by atoms with E-state index in [1.54, 1.807) is 0 Å². The number of ether oxygens (including phenoxy) is 2. The van der Waals surface area contributed by atoms with Crippen LogP contribution in [-0.4, -0.2) is 80.3 Å². The molecule has 54 heavy (non-hydrogen) atoms. The topological polar surface area (TPSA) is 160 Å². The minimum absolute atomic E-state index is 0.0311. The van der Waals surface area contributed by atoms with Crippen LogP contribution in [0.25, 0.3) is 11.1 Å². The number of rotatable bonds is 7. The third kappa shape index (κ3) is 7.93. The molecule has 3 aliphatic heterocycles. The molecule has 0 spiro atoms. The molecule has 2 aromatic carbocycles. The van der Waals surface area contributed by atoms with Gasteiger partial charge in [0.25, 0.3) is 5.91 Å². The lowest BCUT2D eigenvalue weighted by Gasteiger charge is -2.36. The molecule has 2 aliphatic carbocycles. The predicted molar refractivity (Wildman–Crippen MR) is 204 cm³/mol. The number of nitrogens with zero attached hydrogens (tertiary/aromatic N) is 1. The molecule has 5 atom stereocenters. The molecule has 0 aromatic heterocycles. The zero-order chi connectivity index (χ0) is 39.3. The Balaban J connectivity index is 1.39. The number of nitrogens with one attached hydrogen (secondary N) is 3. The maximum absolute atomic E-state index is 14.8. The normalized spacial score (nSPS) is 28.7. The molecule has 1 saturated heterocycles. The minimum atomic E-state index is -3.90. The molecule has 12 nitrogen and oxygen atoms in total. The van der Waals surface area contributed by atoms with Gasteiger partial charge in [-0.15, -0.1) is 6.58 Å². The first kappa shape index (κ1) is 39.5. The van der Waals surface area contributed by atoms with Gasteiger partial charge >= 0.3 is 6.09 Å². The van der Waals surface area contributed by atoms with Crippen LogP contribution in [0.15, 0.2) is 61.2 Å². The van der Waals surface area contributed by atoms with Crippen LogP contribution in [0.3, 0.4) is 0 Å². The van der Waals surface area contributed by atoms with Gasteiger partial charge in [0.05, 0.1) is 18.4 Å². The molecule has 7 rings (SSSR count). The second-order valence-corrected chi connectivity index (χ2v) is 19.3. The second kappa shape index (κ2) is 14.4. The van der Waals surface area contributed by atoms with Crippen molar-refractivity contribution in [1.82, 2.24) is 20.3 Å². The summed E-state index contributed by atoms with van der Waals surface area (Å²) in [5.74, 6) is -2.51. The van der Waals surface area contributed by atoms with E-state index >= 15 is 0 Å². The fourth-order valence-electron chi connectivity index (χ4n) is 7.87. The van der Waals surface area contributed by atoms with Crippen LogP contribution in [0.5, 0.6) is 0 Å². The fourth-order valence-corrected chi connectivity index (χ4v) is 9.23. The molecule has 292 valence electrons. The van der Waals surface area contributed by atoms with E-state index in [4.69, 9.17) is 9.47 Å². The summed E-state index contributed by atoms with van der Waals surface area (Å²) in [4.78, 5) is 57.7. The zero-order valence-corrected chi connectivity index (χ0v) is 33.0. The SMILES string of the molecule is C=CC1C[C@]1(NC(=O)[C@@H]1C[C@]2(OC)CN1C(=O)[C@H](C(C)(C)C)NC(=O)OCC(C)(C)CCCc1ccccc1-c1ccc2cc1)C(=O)NS(=O)(=O)C1CC1. The number of alkyl carbamates (subject to hydrolysis) is 1. The number of carbonyl (C=O) groups is 4. The average molecular weight is 763 g/mol. The number of carbonyl (C=O) groups excluding carboxylic acids is 4. The van der Waals surface area contributed by atoms with Crippen LogP contribution in [-0.2, 0) is 45.9 Å².